The summed E-state index contributed by atoms with van der Waals surface area (Å²) in [5.41, 5.74) is 22.6. The van der Waals surface area contributed by atoms with Crippen molar-refractivity contribution in [2.24, 2.45) is 38.8 Å². The predicted molar refractivity (Wildman–Crippen MR) is 172 cm³/mol. The van der Waals surface area contributed by atoms with Crippen LogP contribution in [0.25, 0.3) is 0 Å². The second kappa shape index (κ2) is 18.9. The maximum atomic E-state index is 13.6. The number of rotatable bonds is 17. The summed E-state index contributed by atoms with van der Waals surface area (Å²) in [6.45, 7) is 4.73. The van der Waals surface area contributed by atoms with Gasteiger partial charge < -0.3 is 38.9 Å². The van der Waals surface area contributed by atoms with Crippen LogP contribution in [0.1, 0.15) is 89.5 Å². The van der Waals surface area contributed by atoms with Crippen LogP contribution in [0.5, 0.6) is 0 Å². The van der Waals surface area contributed by atoms with Gasteiger partial charge in [-0.15, -0.1) is 0 Å². The van der Waals surface area contributed by atoms with Crippen LogP contribution < -0.4 is 38.9 Å². The molecule has 0 aliphatic heterocycles. The monoisotopic (exact) mass is 619 g/mol. The second-order valence-corrected chi connectivity index (χ2v) is 12.0. The van der Waals surface area contributed by atoms with Crippen molar-refractivity contribution in [1.82, 2.24) is 16.0 Å². The standard InChI is InChI=1S/C30H50ClN9O3/c1-19(2)17-25(28(43)39-23-12-4-3-11-22(23)20-9-7-10-21(31)18-20)40-27(42)24(13-8-16-37-30(34)35)38-26(41)14-5-6-15-36-29(32)33/h7,9-10,18-19,22-25H,3-6,8,11-17H2,1-2H3,(H,38,41)(H,39,43)(H,40,42)(H4,32,33,36)(H4,34,35,37)/t22-,23+,24-,25-/m0/s1. The van der Waals surface area contributed by atoms with E-state index in [1.807, 2.05) is 38.1 Å². The SMILES string of the molecule is CC(C)C[C@H](NC(=O)[C@H](CCCN=C(N)N)NC(=O)CCCCN=C(N)N)C(=O)N[C@@H]1CCCC[C@H]1c1cccc(Cl)c1. The van der Waals surface area contributed by atoms with Crippen molar-refractivity contribution < 1.29 is 14.4 Å². The molecule has 0 aromatic heterocycles. The number of hydrogen-bond acceptors (Lipinski definition) is 5. The van der Waals surface area contributed by atoms with Crippen LogP contribution in [0.15, 0.2) is 34.3 Å². The van der Waals surface area contributed by atoms with Gasteiger partial charge in [-0.05, 0) is 68.6 Å². The summed E-state index contributed by atoms with van der Waals surface area (Å²) in [6, 6.07) is 6.10. The Bertz CT molecular complexity index is 1100. The summed E-state index contributed by atoms with van der Waals surface area (Å²) in [7, 11) is 0. The summed E-state index contributed by atoms with van der Waals surface area (Å²) >= 11 is 6.26. The molecule has 43 heavy (non-hydrogen) atoms. The van der Waals surface area contributed by atoms with Gasteiger partial charge in [-0.3, -0.25) is 24.4 Å². The number of aliphatic imine (C=N–C) groups is 2. The molecule has 0 heterocycles. The summed E-state index contributed by atoms with van der Waals surface area (Å²) in [6.07, 6.45) is 6.48. The van der Waals surface area contributed by atoms with E-state index in [2.05, 4.69) is 25.9 Å². The quantitative estimate of drug-likeness (QED) is 0.0780. The lowest BCUT2D eigenvalue weighted by Crippen LogP contribution is -2.56. The molecule has 11 N–H and O–H groups in total. The van der Waals surface area contributed by atoms with Gasteiger partial charge in [-0.2, -0.15) is 0 Å². The summed E-state index contributed by atoms with van der Waals surface area (Å²) in [5.74, 6) is -0.680. The molecule has 0 unspecified atom stereocenters. The van der Waals surface area contributed by atoms with Crippen molar-refractivity contribution in [1.29, 1.82) is 0 Å². The van der Waals surface area contributed by atoms with Crippen LogP contribution in [0.3, 0.4) is 0 Å². The van der Waals surface area contributed by atoms with E-state index in [4.69, 9.17) is 34.5 Å². The lowest BCUT2D eigenvalue weighted by Gasteiger charge is -2.34. The Morgan fingerprint density at radius 2 is 1.58 bits per heavy atom. The van der Waals surface area contributed by atoms with Crippen LogP contribution in [0.2, 0.25) is 5.02 Å². The number of nitrogens with one attached hydrogen (secondary N) is 3. The molecular weight excluding hydrogens is 570 g/mol. The minimum absolute atomic E-state index is 0.00502. The largest absolute Gasteiger partial charge is 0.370 e. The van der Waals surface area contributed by atoms with Gasteiger partial charge in [0.15, 0.2) is 11.9 Å². The predicted octanol–water partition coefficient (Wildman–Crippen LogP) is 2.00. The average molecular weight is 620 g/mol. The Morgan fingerprint density at radius 1 is 0.907 bits per heavy atom. The van der Waals surface area contributed by atoms with E-state index < -0.39 is 18.0 Å². The fourth-order valence-corrected chi connectivity index (χ4v) is 5.54. The van der Waals surface area contributed by atoms with Gasteiger partial charge in [-0.25, -0.2) is 0 Å². The lowest BCUT2D eigenvalue weighted by atomic mass is 9.80. The van der Waals surface area contributed by atoms with E-state index in [1.54, 1.807) is 0 Å². The molecule has 12 nitrogen and oxygen atoms in total. The fraction of sp³-hybridized carbons (Fsp3) is 0.633. The van der Waals surface area contributed by atoms with Crippen LogP contribution in [-0.4, -0.2) is 60.9 Å². The normalized spacial score (nSPS) is 17.8. The van der Waals surface area contributed by atoms with Crippen molar-refractivity contribution in [2.75, 3.05) is 13.1 Å². The van der Waals surface area contributed by atoms with E-state index in [1.165, 1.54) is 0 Å². The summed E-state index contributed by atoms with van der Waals surface area (Å²) < 4.78 is 0. The topological polar surface area (TPSA) is 216 Å². The average Bonchev–Trinajstić information content (AvgIpc) is 2.93. The molecule has 1 aromatic carbocycles. The third-order valence-corrected chi connectivity index (χ3v) is 7.65. The number of amides is 3. The zero-order valence-corrected chi connectivity index (χ0v) is 26.2. The number of nitrogens with zero attached hydrogens (tertiary/aromatic N) is 2. The molecule has 1 aromatic rings. The zero-order chi connectivity index (χ0) is 31.8. The molecule has 1 saturated carbocycles. The molecule has 3 amide bonds. The first kappa shape index (κ1) is 35.7. The van der Waals surface area contributed by atoms with Crippen molar-refractivity contribution in [3.63, 3.8) is 0 Å². The highest BCUT2D eigenvalue weighted by atomic mass is 35.5. The van der Waals surface area contributed by atoms with Gasteiger partial charge in [0.1, 0.15) is 12.1 Å². The Labute approximate surface area is 260 Å². The maximum absolute atomic E-state index is 13.6. The van der Waals surface area contributed by atoms with Gasteiger partial charge in [0.25, 0.3) is 0 Å². The van der Waals surface area contributed by atoms with Crippen LogP contribution in [0.4, 0.5) is 0 Å². The lowest BCUT2D eigenvalue weighted by molar-refractivity contribution is -0.132. The first-order valence-electron chi connectivity index (χ1n) is 15.2. The first-order valence-corrected chi connectivity index (χ1v) is 15.6. The number of hydrogen-bond donors (Lipinski definition) is 7. The molecule has 0 spiro atoms. The molecule has 2 rings (SSSR count). The van der Waals surface area contributed by atoms with Crippen molar-refractivity contribution >= 4 is 41.2 Å². The number of halogens is 1. The highest BCUT2D eigenvalue weighted by Gasteiger charge is 2.32. The Hall–Kier alpha value is -3.54. The van der Waals surface area contributed by atoms with E-state index in [9.17, 15) is 14.4 Å². The van der Waals surface area contributed by atoms with Crippen molar-refractivity contribution in [3.8, 4) is 0 Å². The molecule has 13 heteroatoms. The van der Waals surface area contributed by atoms with E-state index in [0.717, 1.165) is 31.2 Å². The molecular formula is C30H50ClN9O3. The molecule has 1 aliphatic rings. The number of carbonyl (C=O) groups is 3. The molecule has 0 radical (unpaired) electrons. The van der Waals surface area contributed by atoms with E-state index in [0.29, 0.717) is 50.2 Å². The summed E-state index contributed by atoms with van der Waals surface area (Å²) in [5, 5.41) is 9.65. The Morgan fingerprint density at radius 3 is 2.23 bits per heavy atom. The molecule has 0 bridgehead atoms. The van der Waals surface area contributed by atoms with Gasteiger partial charge in [0.2, 0.25) is 17.7 Å². The van der Waals surface area contributed by atoms with E-state index in [-0.39, 0.29) is 48.0 Å². The molecule has 0 saturated heterocycles. The number of guanidine groups is 2. The number of nitrogens with two attached hydrogens (primary N) is 4. The minimum Gasteiger partial charge on any atom is -0.370 e. The molecule has 4 atom stereocenters. The third-order valence-electron chi connectivity index (χ3n) is 7.41. The Kier molecular flexibility index (Phi) is 15.7. The second-order valence-electron chi connectivity index (χ2n) is 11.6. The number of benzene rings is 1. The Balaban J connectivity index is 2.10. The van der Waals surface area contributed by atoms with Gasteiger partial charge in [-0.1, -0.05) is 50.4 Å². The van der Waals surface area contributed by atoms with Crippen LogP contribution in [-0.2, 0) is 14.4 Å². The number of unbranched alkanes of at least 4 members (excludes halogenated alkanes) is 1. The highest BCUT2D eigenvalue weighted by Crippen LogP contribution is 2.34. The molecule has 240 valence electrons. The number of carbonyl (C=O) groups excluding carboxylic acids is 3. The van der Waals surface area contributed by atoms with Crippen LogP contribution in [0, 0.1) is 5.92 Å². The minimum atomic E-state index is -0.851. The first-order chi connectivity index (χ1) is 20.5. The maximum Gasteiger partial charge on any atom is 0.243 e. The van der Waals surface area contributed by atoms with Crippen molar-refractivity contribution in [2.45, 2.75) is 102 Å². The van der Waals surface area contributed by atoms with Gasteiger partial charge >= 0.3 is 0 Å². The third kappa shape index (κ3) is 14.0. The molecule has 1 fully saturated rings. The van der Waals surface area contributed by atoms with Crippen LogP contribution >= 0.6 is 11.6 Å². The summed E-state index contributed by atoms with van der Waals surface area (Å²) in [4.78, 5) is 47.8. The highest BCUT2D eigenvalue weighted by molar-refractivity contribution is 6.30. The van der Waals surface area contributed by atoms with Gasteiger partial charge in [0, 0.05) is 36.5 Å². The van der Waals surface area contributed by atoms with E-state index >= 15 is 0 Å². The molecule has 1 aliphatic carbocycles. The van der Waals surface area contributed by atoms with Crippen molar-refractivity contribution in [3.05, 3.63) is 34.9 Å². The van der Waals surface area contributed by atoms with Gasteiger partial charge in [0.05, 0.1) is 0 Å². The zero-order valence-electron chi connectivity index (χ0n) is 25.5. The smallest absolute Gasteiger partial charge is 0.243 e. The fourth-order valence-electron chi connectivity index (χ4n) is 5.34.